The average Bonchev–Trinajstić information content (AvgIpc) is 2.20. The van der Waals surface area contributed by atoms with Gasteiger partial charge in [-0.15, -0.1) is 0 Å². The zero-order valence-electron chi connectivity index (χ0n) is 8.21. The van der Waals surface area contributed by atoms with E-state index in [4.69, 9.17) is 0 Å². The van der Waals surface area contributed by atoms with E-state index in [1.807, 2.05) is 0 Å². The normalized spacial score (nSPS) is 11.9. The van der Waals surface area contributed by atoms with Gasteiger partial charge in [-0.2, -0.15) is 4.31 Å². The van der Waals surface area contributed by atoms with Gasteiger partial charge in [0.05, 0.1) is 6.20 Å². The maximum atomic E-state index is 11.8. The summed E-state index contributed by atoms with van der Waals surface area (Å²) < 4.78 is 25.0. The summed E-state index contributed by atoms with van der Waals surface area (Å²) in [6, 6.07) is 0. The Hall–Kier alpha value is -1.01. The van der Waals surface area contributed by atoms with Gasteiger partial charge in [0.25, 0.3) is 10.0 Å². The zero-order valence-corrected chi connectivity index (χ0v) is 9.03. The van der Waals surface area contributed by atoms with E-state index < -0.39 is 10.0 Å². The van der Waals surface area contributed by atoms with Crippen LogP contribution in [0.4, 0.5) is 0 Å². The molecule has 0 aliphatic carbocycles. The molecule has 1 aromatic rings. The van der Waals surface area contributed by atoms with E-state index in [9.17, 15) is 8.42 Å². The van der Waals surface area contributed by atoms with Crippen molar-refractivity contribution in [2.24, 2.45) is 0 Å². The first-order chi connectivity index (χ1) is 6.62. The van der Waals surface area contributed by atoms with E-state index in [-0.39, 0.29) is 5.03 Å². The average molecular weight is 215 g/mol. The quantitative estimate of drug-likeness (QED) is 0.734. The van der Waals surface area contributed by atoms with Crippen molar-refractivity contribution in [1.29, 1.82) is 0 Å². The molecular formula is C8H13N3O2S. The minimum absolute atomic E-state index is 0.00343. The predicted octanol–water partition coefficient (Wildman–Crippen LogP) is 0.507. The topological polar surface area (TPSA) is 63.2 Å². The van der Waals surface area contributed by atoms with Crippen LogP contribution in [-0.4, -0.2) is 35.8 Å². The van der Waals surface area contributed by atoms with Crippen LogP contribution in [0.2, 0.25) is 0 Å². The minimum atomic E-state index is -3.44. The van der Waals surface area contributed by atoms with E-state index in [1.165, 1.54) is 22.9 Å². The van der Waals surface area contributed by atoms with Gasteiger partial charge >= 0.3 is 0 Å². The molecule has 0 N–H and O–H groups in total. The highest BCUT2D eigenvalue weighted by molar-refractivity contribution is 7.89. The third-order valence-electron chi connectivity index (χ3n) is 1.85. The molecule has 0 saturated heterocycles. The number of aromatic nitrogens is 2. The highest BCUT2D eigenvalue weighted by Gasteiger charge is 2.22. The third kappa shape index (κ3) is 2.08. The van der Waals surface area contributed by atoms with Crippen molar-refractivity contribution < 1.29 is 8.42 Å². The monoisotopic (exact) mass is 215 g/mol. The molecule has 14 heavy (non-hydrogen) atoms. The summed E-state index contributed by atoms with van der Waals surface area (Å²) in [6.45, 7) is 4.46. The fourth-order valence-corrected chi connectivity index (χ4v) is 2.45. The predicted molar refractivity (Wildman–Crippen MR) is 52.1 cm³/mol. The Bertz CT molecular complexity index is 373. The molecule has 1 aromatic heterocycles. The minimum Gasteiger partial charge on any atom is -0.260 e. The van der Waals surface area contributed by atoms with Gasteiger partial charge in [-0.3, -0.25) is 4.98 Å². The first-order valence-corrected chi connectivity index (χ1v) is 5.83. The van der Waals surface area contributed by atoms with Gasteiger partial charge in [0.1, 0.15) is 0 Å². The lowest BCUT2D eigenvalue weighted by atomic mass is 10.7. The molecule has 0 saturated carbocycles. The number of sulfonamides is 1. The molecular weight excluding hydrogens is 202 g/mol. The van der Waals surface area contributed by atoms with Crippen LogP contribution in [0, 0.1) is 0 Å². The molecule has 0 aromatic carbocycles. The summed E-state index contributed by atoms with van der Waals surface area (Å²) in [5.74, 6) is 0. The van der Waals surface area contributed by atoms with Crippen LogP contribution in [0.15, 0.2) is 23.6 Å². The van der Waals surface area contributed by atoms with E-state index >= 15 is 0 Å². The van der Waals surface area contributed by atoms with E-state index in [1.54, 1.807) is 13.8 Å². The molecule has 0 bridgehead atoms. The maximum absolute atomic E-state index is 11.8. The molecule has 0 aliphatic rings. The highest BCUT2D eigenvalue weighted by Crippen LogP contribution is 2.10. The molecule has 0 aliphatic heterocycles. The number of nitrogens with zero attached hydrogens (tertiary/aromatic N) is 3. The second-order valence-electron chi connectivity index (χ2n) is 2.63. The highest BCUT2D eigenvalue weighted by atomic mass is 32.2. The fraction of sp³-hybridized carbons (Fsp3) is 0.500. The van der Waals surface area contributed by atoms with Gasteiger partial charge in [0.15, 0.2) is 5.03 Å². The molecule has 5 nitrogen and oxygen atoms in total. The summed E-state index contributed by atoms with van der Waals surface area (Å²) in [5.41, 5.74) is 0. The molecule has 0 atom stereocenters. The molecule has 0 fully saturated rings. The first-order valence-electron chi connectivity index (χ1n) is 4.39. The Balaban J connectivity index is 3.08. The van der Waals surface area contributed by atoms with Gasteiger partial charge in [-0.05, 0) is 0 Å². The summed E-state index contributed by atoms with van der Waals surface area (Å²) >= 11 is 0. The van der Waals surface area contributed by atoms with Crippen molar-refractivity contribution in [3.63, 3.8) is 0 Å². The van der Waals surface area contributed by atoms with Gasteiger partial charge in [0.2, 0.25) is 0 Å². The number of rotatable bonds is 4. The lowest BCUT2D eigenvalue weighted by Crippen LogP contribution is -2.31. The lowest BCUT2D eigenvalue weighted by molar-refractivity contribution is 0.442. The van der Waals surface area contributed by atoms with Gasteiger partial charge in [0, 0.05) is 25.5 Å². The molecule has 0 spiro atoms. The van der Waals surface area contributed by atoms with Crippen LogP contribution < -0.4 is 0 Å². The van der Waals surface area contributed by atoms with E-state index in [0.717, 1.165) is 0 Å². The Morgan fingerprint density at radius 2 is 1.93 bits per heavy atom. The van der Waals surface area contributed by atoms with Gasteiger partial charge in [-0.25, -0.2) is 13.4 Å². The van der Waals surface area contributed by atoms with Crippen LogP contribution in [0.5, 0.6) is 0 Å². The van der Waals surface area contributed by atoms with Crippen LogP contribution in [0.25, 0.3) is 0 Å². The summed E-state index contributed by atoms with van der Waals surface area (Å²) in [5, 5.41) is 0.00343. The van der Waals surface area contributed by atoms with Crippen molar-refractivity contribution in [1.82, 2.24) is 14.3 Å². The summed E-state index contributed by atoms with van der Waals surface area (Å²) in [6.07, 6.45) is 4.07. The van der Waals surface area contributed by atoms with Crippen molar-refractivity contribution >= 4 is 10.0 Å². The number of hydrogen-bond acceptors (Lipinski definition) is 4. The SMILES string of the molecule is CCN(CC)S(=O)(=O)c1cnccn1. The van der Waals surface area contributed by atoms with Crippen molar-refractivity contribution in [3.8, 4) is 0 Å². The van der Waals surface area contributed by atoms with Crippen LogP contribution in [-0.2, 0) is 10.0 Å². The Labute approximate surface area is 83.9 Å². The lowest BCUT2D eigenvalue weighted by Gasteiger charge is -2.16. The maximum Gasteiger partial charge on any atom is 0.262 e. The van der Waals surface area contributed by atoms with Crippen LogP contribution in [0.1, 0.15) is 13.8 Å². The second-order valence-corrected chi connectivity index (χ2v) is 4.52. The van der Waals surface area contributed by atoms with Crippen molar-refractivity contribution in [3.05, 3.63) is 18.6 Å². The van der Waals surface area contributed by atoms with Gasteiger partial charge in [-0.1, -0.05) is 13.8 Å². The summed E-state index contributed by atoms with van der Waals surface area (Å²) in [7, 11) is -3.44. The van der Waals surface area contributed by atoms with Crippen LogP contribution in [0.3, 0.4) is 0 Å². The third-order valence-corrected chi connectivity index (χ3v) is 3.78. The zero-order chi connectivity index (χ0) is 10.6. The molecule has 1 rings (SSSR count). The molecule has 0 amide bonds. The van der Waals surface area contributed by atoms with Crippen LogP contribution >= 0.6 is 0 Å². The molecule has 0 radical (unpaired) electrons. The Morgan fingerprint density at radius 1 is 1.29 bits per heavy atom. The molecule has 78 valence electrons. The first kappa shape index (κ1) is 11.1. The standard InChI is InChI=1S/C8H13N3O2S/c1-3-11(4-2)14(12,13)8-7-9-5-6-10-8/h5-7H,3-4H2,1-2H3. The second kappa shape index (κ2) is 4.47. The Morgan fingerprint density at radius 3 is 2.36 bits per heavy atom. The van der Waals surface area contributed by atoms with Gasteiger partial charge < -0.3 is 0 Å². The molecule has 0 unspecified atom stereocenters. The van der Waals surface area contributed by atoms with Crippen molar-refractivity contribution in [2.75, 3.05) is 13.1 Å². The molecule has 6 heteroatoms. The summed E-state index contributed by atoms with van der Waals surface area (Å²) in [4.78, 5) is 7.51. The molecule has 1 heterocycles. The number of hydrogen-bond donors (Lipinski definition) is 0. The smallest absolute Gasteiger partial charge is 0.260 e. The van der Waals surface area contributed by atoms with E-state index in [2.05, 4.69) is 9.97 Å². The van der Waals surface area contributed by atoms with Crippen molar-refractivity contribution in [2.45, 2.75) is 18.9 Å². The van der Waals surface area contributed by atoms with E-state index in [0.29, 0.717) is 13.1 Å². The fourth-order valence-electron chi connectivity index (χ4n) is 1.11. The Kier molecular flexibility index (Phi) is 3.54. The largest absolute Gasteiger partial charge is 0.262 e.